The lowest BCUT2D eigenvalue weighted by atomic mass is 9.82. The fraction of sp³-hybridized carbons (Fsp3) is 0.889. The number of nitrogens with two attached hydrogens (primary N) is 1. The average molecular weight is 183 g/mol. The van der Waals surface area contributed by atoms with E-state index < -0.39 is 0 Å². The van der Waals surface area contributed by atoms with Gasteiger partial charge in [0.2, 0.25) is 5.91 Å². The van der Waals surface area contributed by atoms with E-state index in [4.69, 9.17) is 5.73 Å². The predicted octanol–water partition coefficient (Wildman–Crippen LogP) is -0.498. The summed E-state index contributed by atoms with van der Waals surface area (Å²) in [6, 6.07) is 0.181. The smallest absolute Gasteiger partial charge is 0.217 e. The highest BCUT2D eigenvalue weighted by Gasteiger charge is 2.40. The van der Waals surface area contributed by atoms with Crippen LogP contribution in [-0.2, 0) is 4.79 Å². The summed E-state index contributed by atoms with van der Waals surface area (Å²) in [4.78, 5) is 13.2. The first-order chi connectivity index (χ1) is 6.18. The van der Waals surface area contributed by atoms with Gasteiger partial charge in [-0.2, -0.15) is 0 Å². The second kappa shape index (κ2) is 3.27. The highest BCUT2D eigenvalue weighted by molar-refractivity contribution is 5.73. The summed E-state index contributed by atoms with van der Waals surface area (Å²) >= 11 is 0. The Morgan fingerprint density at radius 2 is 2.08 bits per heavy atom. The topological polar surface area (TPSA) is 58.4 Å². The van der Waals surface area contributed by atoms with E-state index in [-0.39, 0.29) is 18.1 Å². The third-order valence-corrected chi connectivity index (χ3v) is 3.24. The summed E-state index contributed by atoms with van der Waals surface area (Å²) in [6.07, 6.45) is 2.40. The predicted molar refractivity (Wildman–Crippen MR) is 49.9 cm³/mol. The van der Waals surface area contributed by atoms with E-state index in [9.17, 15) is 4.79 Å². The van der Waals surface area contributed by atoms with E-state index in [1.807, 2.05) is 0 Å². The quantitative estimate of drug-likeness (QED) is 0.576. The van der Waals surface area contributed by atoms with Crippen molar-refractivity contribution in [3.05, 3.63) is 0 Å². The molecule has 0 spiro atoms. The van der Waals surface area contributed by atoms with Crippen LogP contribution in [0.2, 0.25) is 0 Å². The molecule has 3 aliphatic rings. The van der Waals surface area contributed by atoms with E-state index in [0.29, 0.717) is 5.92 Å². The number of carbonyl (C=O) groups is 1. The fourth-order valence-corrected chi connectivity index (χ4v) is 2.52. The van der Waals surface area contributed by atoms with Crippen molar-refractivity contribution >= 4 is 5.91 Å². The molecule has 2 bridgehead atoms. The number of hydrogen-bond acceptors (Lipinski definition) is 3. The number of carbonyl (C=O) groups excluding carboxylic acids is 1. The standard InChI is InChI=1S/C9H17N3O/c1-6(13)11-8-7-2-4-12(5-3-7)9(8)10/h7-9H,2-5,10H2,1H3,(H,11,13). The molecule has 0 aromatic carbocycles. The molecule has 3 fully saturated rings. The van der Waals surface area contributed by atoms with Crippen LogP contribution in [-0.4, -0.2) is 36.1 Å². The van der Waals surface area contributed by atoms with Gasteiger partial charge in [0.25, 0.3) is 0 Å². The monoisotopic (exact) mass is 183 g/mol. The van der Waals surface area contributed by atoms with Gasteiger partial charge in [0.15, 0.2) is 0 Å². The molecule has 4 heteroatoms. The number of nitrogens with zero attached hydrogens (tertiary/aromatic N) is 1. The van der Waals surface area contributed by atoms with Crippen LogP contribution in [0, 0.1) is 5.92 Å². The Morgan fingerprint density at radius 3 is 2.54 bits per heavy atom. The molecule has 13 heavy (non-hydrogen) atoms. The van der Waals surface area contributed by atoms with Crippen LogP contribution in [0.4, 0.5) is 0 Å². The number of fused-ring (bicyclic) bond motifs is 3. The van der Waals surface area contributed by atoms with Gasteiger partial charge in [-0.25, -0.2) is 0 Å². The molecular weight excluding hydrogens is 166 g/mol. The summed E-state index contributed by atoms with van der Waals surface area (Å²) in [5, 5.41) is 2.96. The summed E-state index contributed by atoms with van der Waals surface area (Å²) in [5.74, 6) is 0.637. The van der Waals surface area contributed by atoms with E-state index in [1.165, 1.54) is 12.8 Å². The number of nitrogens with one attached hydrogen (secondary N) is 1. The number of piperidine rings is 3. The van der Waals surface area contributed by atoms with Crippen LogP contribution in [0.5, 0.6) is 0 Å². The lowest BCUT2D eigenvalue weighted by molar-refractivity contribution is -0.122. The minimum absolute atomic E-state index is 0.0363. The molecule has 3 saturated heterocycles. The van der Waals surface area contributed by atoms with Crippen molar-refractivity contribution in [3.63, 3.8) is 0 Å². The average Bonchev–Trinajstić information content (AvgIpc) is 2.11. The lowest BCUT2D eigenvalue weighted by Crippen LogP contribution is -2.66. The molecule has 4 nitrogen and oxygen atoms in total. The molecular formula is C9H17N3O. The number of amides is 1. The van der Waals surface area contributed by atoms with Crippen LogP contribution >= 0.6 is 0 Å². The SMILES string of the molecule is CC(=O)NC1C2CCN(CC2)C1N. The number of hydrogen-bond donors (Lipinski definition) is 2. The van der Waals surface area contributed by atoms with Gasteiger partial charge >= 0.3 is 0 Å². The summed E-state index contributed by atoms with van der Waals surface area (Å²) in [6.45, 7) is 3.76. The number of rotatable bonds is 1. The van der Waals surface area contributed by atoms with E-state index in [0.717, 1.165) is 13.1 Å². The van der Waals surface area contributed by atoms with Gasteiger partial charge in [0, 0.05) is 20.0 Å². The molecule has 0 saturated carbocycles. The first-order valence-corrected chi connectivity index (χ1v) is 4.95. The Balaban J connectivity index is 2.05. The van der Waals surface area contributed by atoms with Gasteiger partial charge in [-0.3, -0.25) is 9.69 Å². The Kier molecular flexibility index (Phi) is 2.26. The molecule has 3 heterocycles. The zero-order valence-electron chi connectivity index (χ0n) is 7.99. The minimum Gasteiger partial charge on any atom is -0.350 e. The largest absolute Gasteiger partial charge is 0.350 e. The van der Waals surface area contributed by atoms with E-state index in [2.05, 4.69) is 10.2 Å². The van der Waals surface area contributed by atoms with Crippen molar-refractivity contribution in [3.8, 4) is 0 Å². The highest BCUT2D eigenvalue weighted by atomic mass is 16.1. The second-order valence-electron chi connectivity index (χ2n) is 4.09. The molecule has 2 unspecified atom stereocenters. The van der Waals surface area contributed by atoms with Crippen molar-refractivity contribution in [2.45, 2.75) is 32.0 Å². The van der Waals surface area contributed by atoms with Crippen LogP contribution in [0.1, 0.15) is 19.8 Å². The van der Waals surface area contributed by atoms with Gasteiger partial charge in [-0.1, -0.05) is 0 Å². The van der Waals surface area contributed by atoms with Crippen LogP contribution in [0.25, 0.3) is 0 Å². The molecule has 0 aromatic rings. The third-order valence-electron chi connectivity index (χ3n) is 3.24. The van der Waals surface area contributed by atoms with Crippen molar-refractivity contribution in [1.82, 2.24) is 10.2 Å². The second-order valence-corrected chi connectivity index (χ2v) is 4.09. The third kappa shape index (κ3) is 1.56. The molecule has 3 rings (SSSR count). The Morgan fingerprint density at radius 1 is 1.46 bits per heavy atom. The van der Waals surface area contributed by atoms with E-state index in [1.54, 1.807) is 6.92 Å². The van der Waals surface area contributed by atoms with Gasteiger partial charge in [0.1, 0.15) is 0 Å². The van der Waals surface area contributed by atoms with Crippen LogP contribution < -0.4 is 11.1 Å². The van der Waals surface area contributed by atoms with Crippen molar-refractivity contribution in [2.75, 3.05) is 13.1 Å². The first kappa shape index (κ1) is 8.97. The van der Waals surface area contributed by atoms with E-state index >= 15 is 0 Å². The molecule has 0 aliphatic carbocycles. The van der Waals surface area contributed by atoms with Gasteiger partial charge in [-0.05, 0) is 18.8 Å². The maximum atomic E-state index is 10.9. The zero-order valence-corrected chi connectivity index (χ0v) is 7.99. The van der Waals surface area contributed by atoms with Crippen molar-refractivity contribution < 1.29 is 4.79 Å². The van der Waals surface area contributed by atoms with Crippen molar-refractivity contribution in [2.24, 2.45) is 11.7 Å². The maximum Gasteiger partial charge on any atom is 0.217 e. The zero-order chi connectivity index (χ0) is 9.42. The molecule has 0 radical (unpaired) electrons. The molecule has 2 atom stereocenters. The van der Waals surface area contributed by atoms with Gasteiger partial charge in [0.05, 0.1) is 12.2 Å². The molecule has 3 aliphatic heterocycles. The minimum atomic E-state index is 0.0363. The van der Waals surface area contributed by atoms with Gasteiger partial charge < -0.3 is 11.1 Å². The molecule has 74 valence electrons. The molecule has 3 N–H and O–H groups in total. The fourth-order valence-electron chi connectivity index (χ4n) is 2.52. The Hall–Kier alpha value is -0.610. The maximum absolute atomic E-state index is 10.9. The Labute approximate surface area is 78.5 Å². The first-order valence-electron chi connectivity index (χ1n) is 4.95. The molecule has 1 amide bonds. The summed E-state index contributed by atoms with van der Waals surface area (Å²) in [7, 11) is 0. The van der Waals surface area contributed by atoms with Crippen molar-refractivity contribution in [1.29, 1.82) is 0 Å². The van der Waals surface area contributed by atoms with Gasteiger partial charge in [-0.15, -0.1) is 0 Å². The highest BCUT2D eigenvalue weighted by Crippen LogP contribution is 2.29. The molecule has 0 aromatic heterocycles. The normalized spacial score (nSPS) is 43.2. The van der Waals surface area contributed by atoms with Crippen LogP contribution in [0.15, 0.2) is 0 Å². The summed E-state index contributed by atoms with van der Waals surface area (Å²) < 4.78 is 0. The summed E-state index contributed by atoms with van der Waals surface area (Å²) in [5.41, 5.74) is 6.02. The lowest BCUT2D eigenvalue weighted by Gasteiger charge is -2.49. The van der Waals surface area contributed by atoms with Crippen LogP contribution in [0.3, 0.4) is 0 Å². The Bertz CT molecular complexity index is 209.